The van der Waals surface area contributed by atoms with Gasteiger partial charge in [-0.1, -0.05) is 6.07 Å². The van der Waals surface area contributed by atoms with Gasteiger partial charge in [0.15, 0.2) is 5.03 Å². The molecule has 0 aliphatic carbocycles. The molecule has 0 amide bonds. The van der Waals surface area contributed by atoms with Gasteiger partial charge in [0, 0.05) is 12.7 Å². The summed E-state index contributed by atoms with van der Waals surface area (Å²) in [4.78, 5) is 3.70. The Morgan fingerprint density at radius 3 is 2.79 bits per heavy atom. The lowest BCUT2D eigenvalue weighted by Gasteiger charge is -2.06. The maximum atomic E-state index is 11.5. The maximum Gasteiger partial charge on any atom is 0.258 e. The molecule has 0 saturated heterocycles. The molecule has 14 heavy (non-hydrogen) atoms. The van der Waals surface area contributed by atoms with Crippen molar-refractivity contribution >= 4 is 10.0 Å². The monoisotopic (exact) mass is 216 g/mol. The van der Waals surface area contributed by atoms with Gasteiger partial charge in [0.1, 0.15) is 0 Å². The first kappa shape index (κ1) is 11.1. The largest absolute Gasteiger partial charge is 0.392 e. The highest BCUT2D eigenvalue weighted by Crippen LogP contribution is 2.02. The van der Waals surface area contributed by atoms with E-state index in [0.29, 0.717) is 0 Å². The van der Waals surface area contributed by atoms with Gasteiger partial charge in [0.25, 0.3) is 10.0 Å². The molecule has 0 radical (unpaired) electrons. The van der Waals surface area contributed by atoms with Crippen LogP contribution in [0.3, 0.4) is 0 Å². The zero-order valence-electron chi connectivity index (χ0n) is 7.71. The minimum Gasteiger partial charge on any atom is -0.392 e. The summed E-state index contributed by atoms with van der Waals surface area (Å²) in [5.74, 6) is 0. The summed E-state index contributed by atoms with van der Waals surface area (Å²) in [5, 5.41) is 8.87. The average Bonchev–Trinajstić information content (AvgIpc) is 2.16. The zero-order chi connectivity index (χ0) is 10.6. The Labute approximate surface area is 82.9 Å². The second-order valence-electron chi connectivity index (χ2n) is 2.87. The number of pyridine rings is 1. The SMILES string of the molecule is CC(O)CNS(=O)(=O)c1ccccn1. The van der Waals surface area contributed by atoms with Gasteiger partial charge in [-0.25, -0.2) is 18.1 Å². The van der Waals surface area contributed by atoms with Crippen LogP contribution >= 0.6 is 0 Å². The molecular weight excluding hydrogens is 204 g/mol. The standard InChI is InChI=1S/C8H12N2O3S/c1-7(11)6-10-14(12,13)8-4-2-3-5-9-8/h2-5,7,10-11H,6H2,1H3. The molecule has 0 bridgehead atoms. The third-order valence-electron chi connectivity index (χ3n) is 1.48. The molecule has 1 aromatic heterocycles. The van der Waals surface area contributed by atoms with Crippen LogP contribution in [-0.4, -0.2) is 31.2 Å². The molecule has 0 fully saturated rings. The molecule has 1 rings (SSSR count). The summed E-state index contributed by atoms with van der Waals surface area (Å²) in [5.41, 5.74) is 0. The van der Waals surface area contributed by atoms with Crippen LogP contribution in [0, 0.1) is 0 Å². The summed E-state index contributed by atoms with van der Waals surface area (Å²) < 4.78 is 25.1. The van der Waals surface area contributed by atoms with Gasteiger partial charge < -0.3 is 5.11 Å². The minimum atomic E-state index is -3.58. The molecule has 1 aromatic rings. The van der Waals surface area contributed by atoms with E-state index in [1.807, 2.05) is 0 Å². The van der Waals surface area contributed by atoms with Gasteiger partial charge in [-0.15, -0.1) is 0 Å². The quantitative estimate of drug-likeness (QED) is 0.726. The number of nitrogens with zero attached hydrogens (tertiary/aromatic N) is 1. The molecular formula is C8H12N2O3S. The molecule has 1 atom stereocenters. The fourth-order valence-electron chi connectivity index (χ4n) is 0.810. The predicted octanol–water partition coefficient (Wildman–Crippen LogP) is -0.259. The minimum absolute atomic E-state index is 0.0150. The van der Waals surface area contributed by atoms with Crippen LogP contribution in [0.2, 0.25) is 0 Å². The highest BCUT2D eigenvalue weighted by molar-refractivity contribution is 7.89. The average molecular weight is 216 g/mol. The number of hydrogen-bond acceptors (Lipinski definition) is 4. The Balaban J connectivity index is 2.77. The van der Waals surface area contributed by atoms with Crippen molar-refractivity contribution in [1.82, 2.24) is 9.71 Å². The molecule has 1 heterocycles. The summed E-state index contributed by atoms with van der Waals surface area (Å²) in [6.07, 6.45) is 0.685. The van der Waals surface area contributed by atoms with Crippen LogP contribution < -0.4 is 4.72 Å². The zero-order valence-corrected chi connectivity index (χ0v) is 8.53. The Kier molecular flexibility index (Phi) is 3.56. The molecule has 0 aromatic carbocycles. The molecule has 0 aliphatic rings. The van der Waals surface area contributed by atoms with Crippen molar-refractivity contribution in [2.45, 2.75) is 18.1 Å². The van der Waals surface area contributed by atoms with Gasteiger partial charge in [0.2, 0.25) is 0 Å². The Morgan fingerprint density at radius 1 is 1.57 bits per heavy atom. The fraction of sp³-hybridized carbons (Fsp3) is 0.375. The molecule has 0 spiro atoms. The van der Waals surface area contributed by atoms with Gasteiger partial charge in [0.05, 0.1) is 6.10 Å². The molecule has 78 valence electrons. The number of aromatic nitrogens is 1. The predicted molar refractivity (Wildman–Crippen MR) is 51.1 cm³/mol. The van der Waals surface area contributed by atoms with E-state index in [0.717, 1.165) is 0 Å². The van der Waals surface area contributed by atoms with Crippen LogP contribution in [0.1, 0.15) is 6.92 Å². The van der Waals surface area contributed by atoms with E-state index >= 15 is 0 Å². The van der Waals surface area contributed by atoms with Gasteiger partial charge in [-0.05, 0) is 19.1 Å². The highest BCUT2D eigenvalue weighted by Gasteiger charge is 2.14. The lowest BCUT2D eigenvalue weighted by atomic mass is 10.4. The first-order chi connectivity index (χ1) is 6.52. The van der Waals surface area contributed by atoms with E-state index in [4.69, 9.17) is 5.11 Å². The third-order valence-corrected chi connectivity index (χ3v) is 2.82. The van der Waals surface area contributed by atoms with Gasteiger partial charge >= 0.3 is 0 Å². The van der Waals surface area contributed by atoms with E-state index in [2.05, 4.69) is 9.71 Å². The maximum absolute atomic E-state index is 11.5. The van der Waals surface area contributed by atoms with Crippen LogP contribution in [0.15, 0.2) is 29.4 Å². The summed E-state index contributed by atoms with van der Waals surface area (Å²) in [7, 11) is -3.58. The Bertz CT molecular complexity index is 375. The highest BCUT2D eigenvalue weighted by atomic mass is 32.2. The molecule has 2 N–H and O–H groups in total. The van der Waals surface area contributed by atoms with E-state index in [9.17, 15) is 8.42 Å². The molecule has 6 heteroatoms. The Morgan fingerprint density at radius 2 is 2.29 bits per heavy atom. The number of sulfonamides is 1. The van der Waals surface area contributed by atoms with E-state index in [-0.39, 0.29) is 11.6 Å². The van der Waals surface area contributed by atoms with Crippen molar-refractivity contribution < 1.29 is 13.5 Å². The van der Waals surface area contributed by atoms with Crippen molar-refractivity contribution in [2.75, 3.05) is 6.54 Å². The number of hydrogen-bond donors (Lipinski definition) is 2. The lowest BCUT2D eigenvalue weighted by Crippen LogP contribution is -2.31. The fourth-order valence-corrected chi connectivity index (χ4v) is 1.88. The third kappa shape index (κ3) is 3.06. The normalized spacial score (nSPS) is 13.9. The second-order valence-corrected chi connectivity index (χ2v) is 4.58. The van der Waals surface area contributed by atoms with Gasteiger partial charge in [-0.2, -0.15) is 0 Å². The summed E-state index contributed by atoms with van der Waals surface area (Å²) in [6.45, 7) is 1.49. The number of aliphatic hydroxyl groups is 1. The smallest absolute Gasteiger partial charge is 0.258 e. The van der Waals surface area contributed by atoms with Crippen LogP contribution in [0.5, 0.6) is 0 Å². The van der Waals surface area contributed by atoms with Crippen molar-refractivity contribution in [3.63, 3.8) is 0 Å². The van der Waals surface area contributed by atoms with Gasteiger partial charge in [-0.3, -0.25) is 0 Å². The van der Waals surface area contributed by atoms with E-state index < -0.39 is 16.1 Å². The second kappa shape index (κ2) is 4.50. The Hall–Kier alpha value is -0.980. The van der Waals surface area contributed by atoms with E-state index in [1.165, 1.54) is 19.2 Å². The molecule has 0 saturated carbocycles. The number of aliphatic hydroxyl groups excluding tert-OH is 1. The summed E-state index contributed by atoms with van der Waals surface area (Å²) >= 11 is 0. The molecule has 1 unspecified atom stereocenters. The molecule has 5 nitrogen and oxygen atoms in total. The topological polar surface area (TPSA) is 79.3 Å². The van der Waals surface area contributed by atoms with E-state index in [1.54, 1.807) is 12.1 Å². The van der Waals surface area contributed by atoms with Crippen LogP contribution in [0.4, 0.5) is 0 Å². The lowest BCUT2D eigenvalue weighted by molar-refractivity contribution is 0.198. The first-order valence-corrected chi connectivity index (χ1v) is 5.59. The van der Waals surface area contributed by atoms with Crippen molar-refractivity contribution in [3.05, 3.63) is 24.4 Å². The first-order valence-electron chi connectivity index (χ1n) is 4.11. The summed E-state index contributed by atoms with van der Waals surface area (Å²) in [6, 6.07) is 4.61. The number of rotatable bonds is 4. The van der Waals surface area contributed by atoms with Crippen molar-refractivity contribution in [3.8, 4) is 0 Å². The van der Waals surface area contributed by atoms with Crippen LogP contribution in [0.25, 0.3) is 0 Å². The van der Waals surface area contributed by atoms with Crippen molar-refractivity contribution in [1.29, 1.82) is 0 Å². The molecule has 0 aliphatic heterocycles. The van der Waals surface area contributed by atoms with Crippen LogP contribution in [-0.2, 0) is 10.0 Å². The van der Waals surface area contributed by atoms with Crippen molar-refractivity contribution in [2.24, 2.45) is 0 Å². The number of nitrogens with one attached hydrogen (secondary N) is 1.